The van der Waals surface area contributed by atoms with Gasteiger partial charge >= 0.3 is 0 Å². The molecule has 0 aromatic carbocycles. The maximum absolute atomic E-state index is 15.8. The van der Waals surface area contributed by atoms with E-state index >= 15 is 4.39 Å². The van der Waals surface area contributed by atoms with Gasteiger partial charge < -0.3 is 9.33 Å². The first-order valence-electron chi connectivity index (χ1n) is 9.47. The van der Waals surface area contributed by atoms with E-state index in [0.29, 0.717) is 19.5 Å². The van der Waals surface area contributed by atoms with Crippen LogP contribution >= 0.6 is 22.6 Å². The molecule has 0 aliphatic carbocycles. The summed E-state index contributed by atoms with van der Waals surface area (Å²) in [6.07, 6.45) is 1.83. The zero-order valence-electron chi connectivity index (χ0n) is 17.3. The van der Waals surface area contributed by atoms with Crippen LogP contribution in [0.15, 0.2) is 12.3 Å². The molecule has 2 aromatic rings. The number of hydrogen-bond acceptors (Lipinski definition) is 4. The third-order valence-corrected chi connectivity index (χ3v) is 11.5. The molecule has 1 aliphatic heterocycles. The fourth-order valence-electron chi connectivity index (χ4n) is 3.31. The van der Waals surface area contributed by atoms with Crippen LogP contribution in [0.5, 0.6) is 0 Å². The summed E-state index contributed by atoms with van der Waals surface area (Å²) in [6.45, 7) is 15.8. The highest BCUT2D eigenvalue weighted by Gasteiger charge is 2.48. The molecule has 8 heteroatoms. The number of halogens is 2. The molecular weight excluding hydrogens is 474 g/mol. The highest BCUT2D eigenvalue weighted by atomic mass is 127. The summed E-state index contributed by atoms with van der Waals surface area (Å²) in [4.78, 5) is 6.40. The lowest BCUT2D eigenvalue weighted by Crippen LogP contribution is -2.50. The SMILES string of the molecule is Cc1cc2ncc(I)n2nc1N1CCC(F)(C(C)O[Si](C)(C)C(C)(C)C)C1. The number of fused-ring (bicyclic) bond motifs is 1. The van der Waals surface area contributed by atoms with Crippen LogP contribution in [-0.4, -0.2) is 47.8 Å². The molecule has 1 saturated heterocycles. The van der Waals surface area contributed by atoms with Crippen molar-refractivity contribution in [3.63, 3.8) is 0 Å². The summed E-state index contributed by atoms with van der Waals surface area (Å²) in [6, 6.07) is 2.01. The third-order valence-electron chi connectivity index (χ3n) is 6.17. The van der Waals surface area contributed by atoms with Crippen LogP contribution in [0.2, 0.25) is 18.1 Å². The Hall–Kier alpha value is -0.743. The van der Waals surface area contributed by atoms with Crippen LogP contribution < -0.4 is 4.90 Å². The summed E-state index contributed by atoms with van der Waals surface area (Å²) < 4.78 is 25.0. The number of alkyl halides is 1. The minimum absolute atomic E-state index is 0.0667. The Balaban J connectivity index is 1.81. The van der Waals surface area contributed by atoms with E-state index in [1.807, 2.05) is 24.4 Å². The average Bonchev–Trinajstić information content (AvgIpc) is 3.10. The van der Waals surface area contributed by atoms with Crippen LogP contribution in [0.25, 0.3) is 5.65 Å². The molecule has 0 saturated carbocycles. The second kappa shape index (κ2) is 6.95. The van der Waals surface area contributed by atoms with Gasteiger partial charge in [0.2, 0.25) is 0 Å². The zero-order valence-corrected chi connectivity index (χ0v) is 20.5. The van der Waals surface area contributed by atoms with Crippen molar-refractivity contribution in [2.24, 2.45) is 0 Å². The molecule has 0 amide bonds. The van der Waals surface area contributed by atoms with Gasteiger partial charge in [0.25, 0.3) is 0 Å². The number of anilines is 1. The van der Waals surface area contributed by atoms with Gasteiger partial charge in [-0.1, -0.05) is 20.8 Å². The van der Waals surface area contributed by atoms with E-state index in [4.69, 9.17) is 9.52 Å². The molecule has 5 nitrogen and oxygen atoms in total. The largest absolute Gasteiger partial charge is 0.411 e. The van der Waals surface area contributed by atoms with E-state index in [1.165, 1.54) is 0 Å². The maximum Gasteiger partial charge on any atom is 0.192 e. The fraction of sp³-hybridized carbons (Fsp3) is 0.684. The third kappa shape index (κ3) is 3.89. The molecule has 2 unspecified atom stereocenters. The Morgan fingerprint density at radius 3 is 2.67 bits per heavy atom. The van der Waals surface area contributed by atoms with Crippen molar-refractivity contribution < 1.29 is 8.82 Å². The molecule has 1 fully saturated rings. The zero-order chi connectivity index (χ0) is 20.2. The highest BCUT2D eigenvalue weighted by Crippen LogP contribution is 2.41. The number of imidazole rings is 1. The molecule has 0 bridgehead atoms. The first-order valence-corrected chi connectivity index (χ1v) is 13.5. The van der Waals surface area contributed by atoms with E-state index in [9.17, 15) is 0 Å². The Kier molecular flexibility index (Phi) is 5.40. The van der Waals surface area contributed by atoms with Gasteiger partial charge in [-0.15, -0.1) is 5.10 Å². The first-order chi connectivity index (χ1) is 12.3. The minimum Gasteiger partial charge on any atom is -0.411 e. The van der Waals surface area contributed by atoms with E-state index in [0.717, 1.165) is 20.7 Å². The first kappa shape index (κ1) is 21.0. The number of nitrogens with zero attached hydrogens (tertiary/aromatic N) is 4. The quantitative estimate of drug-likeness (QED) is 0.436. The monoisotopic (exact) mass is 504 g/mol. The molecule has 0 spiro atoms. The van der Waals surface area contributed by atoms with Gasteiger partial charge in [-0.3, -0.25) is 0 Å². The summed E-state index contributed by atoms with van der Waals surface area (Å²) in [7, 11) is -2.02. The molecule has 3 rings (SSSR count). The van der Waals surface area contributed by atoms with Crippen LogP contribution in [0.3, 0.4) is 0 Å². The van der Waals surface area contributed by atoms with Crippen LogP contribution in [0.4, 0.5) is 10.2 Å². The van der Waals surface area contributed by atoms with Crippen molar-refractivity contribution >= 4 is 42.4 Å². The van der Waals surface area contributed by atoms with Gasteiger partial charge in [-0.25, -0.2) is 13.9 Å². The molecule has 27 heavy (non-hydrogen) atoms. The lowest BCUT2D eigenvalue weighted by atomic mass is 9.99. The van der Waals surface area contributed by atoms with Crippen molar-refractivity contribution in [2.45, 2.75) is 70.9 Å². The fourth-order valence-corrected chi connectivity index (χ4v) is 5.26. The summed E-state index contributed by atoms with van der Waals surface area (Å²) >= 11 is 2.21. The topological polar surface area (TPSA) is 42.7 Å². The Labute approximate surface area is 176 Å². The maximum atomic E-state index is 15.8. The van der Waals surface area contributed by atoms with Gasteiger partial charge in [0.05, 0.1) is 18.8 Å². The average molecular weight is 504 g/mol. The molecule has 2 atom stereocenters. The normalized spacial score (nSPS) is 22.6. The van der Waals surface area contributed by atoms with Crippen molar-refractivity contribution in [3.05, 3.63) is 21.5 Å². The van der Waals surface area contributed by atoms with Crippen molar-refractivity contribution in [1.29, 1.82) is 0 Å². The Morgan fingerprint density at radius 1 is 1.37 bits per heavy atom. The van der Waals surface area contributed by atoms with Gasteiger partial charge in [0.1, 0.15) is 3.70 Å². The van der Waals surface area contributed by atoms with Crippen LogP contribution in [0.1, 0.15) is 39.7 Å². The number of aromatic nitrogens is 3. The van der Waals surface area contributed by atoms with E-state index < -0.39 is 20.1 Å². The van der Waals surface area contributed by atoms with Gasteiger partial charge in [-0.2, -0.15) is 0 Å². The molecule has 150 valence electrons. The molecule has 2 aromatic heterocycles. The lowest BCUT2D eigenvalue weighted by molar-refractivity contribution is 0.0273. The molecule has 0 radical (unpaired) electrons. The highest BCUT2D eigenvalue weighted by molar-refractivity contribution is 14.1. The smallest absolute Gasteiger partial charge is 0.192 e. The molecule has 1 aliphatic rings. The predicted octanol–water partition coefficient (Wildman–Crippen LogP) is 4.97. The van der Waals surface area contributed by atoms with E-state index in [2.05, 4.69) is 66.3 Å². The van der Waals surface area contributed by atoms with Crippen molar-refractivity contribution in [1.82, 2.24) is 14.6 Å². The van der Waals surface area contributed by atoms with Gasteiger partial charge in [0, 0.05) is 13.0 Å². The minimum atomic E-state index is -2.02. The van der Waals surface area contributed by atoms with E-state index in [1.54, 1.807) is 6.20 Å². The number of hydrogen-bond donors (Lipinski definition) is 0. The van der Waals surface area contributed by atoms with Crippen molar-refractivity contribution in [3.8, 4) is 0 Å². The second-order valence-corrected chi connectivity index (χ2v) is 15.1. The lowest BCUT2D eigenvalue weighted by Gasteiger charge is -2.41. The Morgan fingerprint density at radius 2 is 2.04 bits per heavy atom. The number of rotatable bonds is 4. The second-order valence-electron chi connectivity index (χ2n) is 9.23. The van der Waals surface area contributed by atoms with Crippen LogP contribution in [-0.2, 0) is 4.43 Å². The Bertz CT molecular complexity index is 850. The molecule has 3 heterocycles. The standard InChI is InChI=1S/C19H30FIN4OSi/c1-13-10-16-22-11-15(21)25(16)23-17(13)24-9-8-19(20,12-24)14(2)26-27(6,7)18(3,4)5/h10-11,14H,8-9,12H2,1-7H3. The van der Waals surface area contributed by atoms with Crippen LogP contribution in [0, 0.1) is 10.6 Å². The van der Waals surface area contributed by atoms with Crippen molar-refractivity contribution in [2.75, 3.05) is 18.0 Å². The summed E-state index contributed by atoms with van der Waals surface area (Å²) in [5, 5.41) is 4.80. The van der Waals surface area contributed by atoms with E-state index in [-0.39, 0.29) is 5.04 Å². The number of aryl methyl sites for hydroxylation is 1. The van der Waals surface area contributed by atoms with Gasteiger partial charge in [-0.05, 0) is 66.2 Å². The van der Waals surface area contributed by atoms with Gasteiger partial charge in [0.15, 0.2) is 25.5 Å². The summed E-state index contributed by atoms with van der Waals surface area (Å²) in [5.41, 5.74) is 0.480. The predicted molar refractivity (Wildman–Crippen MR) is 119 cm³/mol. The molecule has 0 N–H and O–H groups in total. The molecular formula is C19H30FIN4OSi. The summed E-state index contributed by atoms with van der Waals surface area (Å²) in [5.74, 6) is 0.831.